The molecule has 0 aliphatic carbocycles. The average Bonchev–Trinajstić information content (AvgIpc) is 2.81. The zero-order chi connectivity index (χ0) is 14.0. The number of likely N-dealkylation sites (tertiary alicyclic amines) is 1. The monoisotopic (exact) mass is 266 g/mol. The summed E-state index contributed by atoms with van der Waals surface area (Å²) in [6.07, 6.45) is 3.20. The fourth-order valence-electron chi connectivity index (χ4n) is 2.49. The van der Waals surface area contributed by atoms with Crippen molar-refractivity contribution in [3.8, 4) is 0 Å². The van der Waals surface area contributed by atoms with E-state index in [0.29, 0.717) is 25.6 Å². The number of hydrogen-bond donors (Lipinski definition) is 0. The molecule has 0 spiro atoms. The molecule has 1 saturated heterocycles. The molecular weight excluding hydrogens is 248 g/mol. The van der Waals surface area contributed by atoms with Gasteiger partial charge in [-0.2, -0.15) is 5.10 Å². The molecule has 0 bridgehead atoms. The number of carbonyl (C=O) groups excluding carboxylic acids is 1. The third kappa shape index (κ3) is 2.59. The largest absolute Gasteiger partial charge is 0.337 e. The van der Waals surface area contributed by atoms with E-state index in [2.05, 4.69) is 12.0 Å². The van der Waals surface area contributed by atoms with Gasteiger partial charge in [-0.05, 0) is 25.7 Å². The van der Waals surface area contributed by atoms with Crippen LogP contribution < -0.4 is 0 Å². The van der Waals surface area contributed by atoms with Gasteiger partial charge in [-0.15, -0.1) is 0 Å². The molecule has 1 atom stereocenters. The van der Waals surface area contributed by atoms with Crippen LogP contribution in [0.5, 0.6) is 0 Å². The van der Waals surface area contributed by atoms with Crippen LogP contribution in [0.15, 0.2) is 6.20 Å². The molecule has 0 unspecified atom stereocenters. The van der Waals surface area contributed by atoms with Crippen molar-refractivity contribution in [3.05, 3.63) is 22.0 Å². The van der Waals surface area contributed by atoms with E-state index in [0.717, 1.165) is 19.0 Å². The van der Waals surface area contributed by atoms with Crippen LogP contribution in [0, 0.1) is 16.0 Å². The minimum absolute atomic E-state index is 0.0987. The van der Waals surface area contributed by atoms with E-state index in [-0.39, 0.29) is 17.3 Å². The predicted molar refractivity (Wildman–Crippen MR) is 68.9 cm³/mol. The third-order valence-corrected chi connectivity index (χ3v) is 3.46. The number of rotatable bonds is 3. The molecule has 19 heavy (non-hydrogen) atoms. The first kappa shape index (κ1) is 13.5. The molecule has 7 heteroatoms. The van der Waals surface area contributed by atoms with Gasteiger partial charge < -0.3 is 4.90 Å². The Morgan fingerprint density at radius 3 is 2.95 bits per heavy atom. The van der Waals surface area contributed by atoms with Gasteiger partial charge in [0.15, 0.2) is 0 Å². The Morgan fingerprint density at radius 1 is 1.63 bits per heavy atom. The van der Waals surface area contributed by atoms with E-state index in [1.54, 1.807) is 4.90 Å². The van der Waals surface area contributed by atoms with Crippen molar-refractivity contribution in [2.24, 2.45) is 5.92 Å². The van der Waals surface area contributed by atoms with Crippen LogP contribution in [0.3, 0.4) is 0 Å². The molecule has 7 nitrogen and oxygen atoms in total. The van der Waals surface area contributed by atoms with Crippen LogP contribution in [-0.4, -0.2) is 38.6 Å². The molecule has 0 N–H and O–H groups in total. The van der Waals surface area contributed by atoms with Crippen LogP contribution in [-0.2, 0) is 6.54 Å². The average molecular weight is 266 g/mol. The second-order valence-corrected chi connectivity index (χ2v) is 4.95. The topological polar surface area (TPSA) is 81.3 Å². The van der Waals surface area contributed by atoms with Gasteiger partial charge in [0.05, 0.1) is 4.92 Å². The Balaban J connectivity index is 2.31. The fraction of sp³-hybridized carbons (Fsp3) is 0.667. The van der Waals surface area contributed by atoms with Crippen molar-refractivity contribution in [2.75, 3.05) is 13.1 Å². The first-order chi connectivity index (χ1) is 9.04. The highest BCUT2D eigenvalue weighted by Crippen LogP contribution is 2.23. The summed E-state index contributed by atoms with van der Waals surface area (Å²) in [4.78, 5) is 24.6. The van der Waals surface area contributed by atoms with Crippen molar-refractivity contribution in [1.82, 2.24) is 14.7 Å². The lowest BCUT2D eigenvalue weighted by molar-refractivity contribution is -0.385. The first-order valence-electron chi connectivity index (χ1n) is 6.54. The van der Waals surface area contributed by atoms with Crippen molar-refractivity contribution in [3.63, 3.8) is 0 Å². The number of aryl methyl sites for hydroxylation is 1. The summed E-state index contributed by atoms with van der Waals surface area (Å²) in [6.45, 7) is 5.66. The molecule has 1 aromatic rings. The van der Waals surface area contributed by atoms with Crippen molar-refractivity contribution in [1.29, 1.82) is 0 Å². The summed E-state index contributed by atoms with van der Waals surface area (Å²) in [5, 5.41) is 14.9. The third-order valence-electron chi connectivity index (χ3n) is 3.46. The predicted octanol–water partition coefficient (Wildman–Crippen LogP) is 1.68. The quantitative estimate of drug-likeness (QED) is 0.615. The lowest BCUT2D eigenvalue weighted by Gasteiger charge is -2.30. The Kier molecular flexibility index (Phi) is 3.82. The zero-order valence-corrected chi connectivity index (χ0v) is 11.2. The zero-order valence-electron chi connectivity index (χ0n) is 11.2. The Morgan fingerprint density at radius 2 is 2.37 bits per heavy atom. The van der Waals surface area contributed by atoms with Gasteiger partial charge in [0.25, 0.3) is 5.91 Å². The molecule has 1 amide bonds. The summed E-state index contributed by atoms with van der Waals surface area (Å²) in [5.41, 5.74) is -0.105. The van der Waals surface area contributed by atoms with E-state index in [4.69, 9.17) is 0 Å². The van der Waals surface area contributed by atoms with Gasteiger partial charge in [-0.25, -0.2) is 0 Å². The molecule has 1 aromatic heterocycles. The number of nitrogens with zero attached hydrogens (tertiary/aromatic N) is 4. The number of aromatic nitrogens is 2. The second-order valence-electron chi connectivity index (χ2n) is 4.95. The van der Waals surface area contributed by atoms with E-state index < -0.39 is 4.92 Å². The second kappa shape index (κ2) is 5.38. The molecule has 1 fully saturated rings. The molecule has 104 valence electrons. The normalized spacial score (nSPS) is 19.5. The Labute approximate surface area is 111 Å². The number of amides is 1. The molecule has 1 aliphatic heterocycles. The van der Waals surface area contributed by atoms with Crippen molar-refractivity contribution >= 4 is 11.6 Å². The molecule has 0 radical (unpaired) electrons. The number of carbonyl (C=O) groups is 1. The van der Waals surface area contributed by atoms with Gasteiger partial charge in [0, 0.05) is 19.6 Å². The molecule has 1 aliphatic rings. The van der Waals surface area contributed by atoms with Gasteiger partial charge in [0.2, 0.25) is 5.69 Å². The van der Waals surface area contributed by atoms with Crippen LogP contribution in [0.25, 0.3) is 0 Å². The van der Waals surface area contributed by atoms with Crippen molar-refractivity contribution in [2.45, 2.75) is 33.2 Å². The van der Waals surface area contributed by atoms with E-state index in [9.17, 15) is 14.9 Å². The van der Waals surface area contributed by atoms with Gasteiger partial charge in [-0.1, -0.05) is 6.92 Å². The maximum atomic E-state index is 12.5. The summed E-state index contributed by atoms with van der Waals surface area (Å²) in [5.74, 6) is 0.160. The number of hydrogen-bond acceptors (Lipinski definition) is 4. The van der Waals surface area contributed by atoms with Gasteiger partial charge >= 0.3 is 5.69 Å². The Bertz CT molecular complexity index is 497. The van der Waals surface area contributed by atoms with Crippen LogP contribution in [0.2, 0.25) is 0 Å². The Hall–Kier alpha value is -1.92. The summed E-state index contributed by atoms with van der Waals surface area (Å²) in [7, 11) is 0. The minimum Gasteiger partial charge on any atom is -0.337 e. The highest BCUT2D eigenvalue weighted by molar-refractivity contribution is 5.96. The molecule has 2 heterocycles. The molecule has 0 saturated carbocycles. The number of nitro groups is 1. The minimum atomic E-state index is -0.542. The van der Waals surface area contributed by atoms with Gasteiger partial charge in [-0.3, -0.25) is 19.6 Å². The lowest BCUT2D eigenvalue weighted by Crippen LogP contribution is -2.40. The van der Waals surface area contributed by atoms with Crippen LogP contribution >= 0.6 is 0 Å². The van der Waals surface area contributed by atoms with E-state index in [1.807, 2.05) is 6.92 Å². The summed E-state index contributed by atoms with van der Waals surface area (Å²) >= 11 is 0. The maximum Gasteiger partial charge on any atom is 0.320 e. The number of piperidine rings is 1. The molecule has 2 rings (SSSR count). The summed E-state index contributed by atoms with van der Waals surface area (Å²) < 4.78 is 1.40. The standard InChI is InChI=1S/C12H18N4O3/c1-3-15-11(10(7-13-15)16(18)19)12(17)14-6-4-5-9(2)8-14/h7,9H,3-6,8H2,1-2H3/t9-/m0/s1. The molecule has 0 aromatic carbocycles. The SMILES string of the molecule is CCn1ncc([N+](=O)[O-])c1C(=O)N1CCC[C@H](C)C1. The fourth-order valence-corrected chi connectivity index (χ4v) is 2.49. The van der Waals surface area contributed by atoms with Crippen molar-refractivity contribution < 1.29 is 9.72 Å². The first-order valence-corrected chi connectivity index (χ1v) is 6.54. The smallest absolute Gasteiger partial charge is 0.320 e. The molecular formula is C12H18N4O3. The van der Waals surface area contributed by atoms with Gasteiger partial charge in [0.1, 0.15) is 6.20 Å². The summed E-state index contributed by atoms with van der Waals surface area (Å²) in [6, 6.07) is 0. The maximum absolute atomic E-state index is 12.5. The highest BCUT2D eigenvalue weighted by atomic mass is 16.6. The van der Waals surface area contributed by atoms with E-state index in [1.165, 1.54) is 4.68 Å². The van der Waals surface area contributed by atoms with Crippen LogP contribution in [0.4, 0.5) is 5.69 Å². The van der Waals surface area contributed by atoms with Crippen LogP contribution in [0.1, 0.15) is 37.2 Å². The van der Waals surface area contributed by atoms with E-state index >= 15 is 0 Å². The lowest BCUT2D eigenvalue weighted by atomic mass is 10.00. The highest BCUT2D eigenvalue weighted by Gasteiger charge is 2.31.